The first kappa shape index (κ1) is 21.3. The summed E-state index contributed by atoms with van der Waals surface area (Å²) in [7, 11) is 0. The Morgan fingerprint density at radius 3 is 2.57 bits per heavy atom. The molecule has 0 spiro atoms. The summed E-state index contributed by atoms with van der Waals surface area (Å²) in [5.41, 5.74) is 7.01. The van der Waals surface area contributed by atoms with Gasteiger partial charge in [-0.25, -0.2) is 4.40 Å². The van der Waals surface area contributed by atoms with Crippen molar-refractivity contribution in [2.45, 2.75) is 25.9 Å². The van der Waals surface area contributed by atoms with Gasteiger partial charge < -0.3 is 21.7 Å². The van der Waals surface area contributed by atoms with Crippen molar-refractivity contribution >= 4 is 46.9 Å². The quantitative estimate of drug-likeness (QED) is 0.371. The Morgan fingerprint density at radius 1 is 1.13 bits per heavy atom. The Morgan fingerprint density at radius 2 is 1.90 bits per heavy atom. The number of anilines is 3. The van der Waals surface area contributed by atoms with E-state index in [1.165, 1.54) is 11.8 Å². The molecule has 1 aromatic carbocycles. The number of hydrogen-bond acceptors (Lipinski definition) is 9. The molecule has 2 aromatic heterocycles. The van der Waals surface area contributed by atoms with Gasteiger partial charge in [-0.05, 0) is 44.5 Å². The largest absolute Gasteiger partial charge is 0.366 e. The average molecular weight is 430 g/mol. The lowest BCUT2D eigenvalue weighted by Crippen LogP contribution is -2.16. The van der Waals surface area contributed by atoms with Crippen molar-refractivity contribution in [3.8, 4) is 0 Å². The van der Waals surface area contributed by atoms with Crippen molar-refractivity contribution in [2.75, 3.05) is 34.8 Å². The molecule has 0 saturated heterocycles. The van der Waals surface area contributed by atoms with E-state index >= 15 is 0 Å². The molecule has 0 saturated carbocycles. The van der Waals surface area contributed by atoms with Crippen LogP contribution < -0.4 is 21.7 Å². The summed E-state index contributed by atoms with van der Waals surface area (Å²) in [5.74, 6) is 0.769. The highest BCUT2D eigenvalue weighted by atomic mass is 32.2. The summed E-state index contributed by atoms with van der Waals surface area (Å²) >= 11 is 1.22. The second-order valence-electron chi connectivity index (χ2n) is 6.28. The van der Waals surface area contributed by atoms with Crippen LogP contribution in [0.25, 0.3) is 5.78 Å². The van der Waals surface area contributed by atoms with Crippen LogP contribution in [0.5, 0.6) is 0 Å². The van der Waals surface area contributed by atoms with Crippen molar-refractivity contribution in [3.05, 3.63) is 29.3 Å². The lowest BCUT2D eigenvalue weighted by atomic mass is 10.1. The number of nitrogens with zero attached hydrogens (tertiary/aromatic N) is 5. The van der Waals surface area contributed by atoms with Gasteiger partial charge in [-0.2, -0.15) is 9.97 Å². The van der Waals surface area contributed by atoms with Crippen LogP contribution in [0.15, 0.2) is 23.4 Å². The molecule has 0 aliphatic heterocycles. The van der Waals surface area contributed by atoms with Gasteiger partial charge in [0.15, 0.2) is 5.16 Å². The highest BCUT2D eigenvalue weighted by molar-refractivity contribution is 7.99. The van der Waals surface area contributed by atoms with Crippen LogP contribution in [-0.4, -0.2) is 55.2 Å². The molecule has 0 atom stereocenters. The smallest absolute Gasteiger partial charge is 0.261 e. The zero-order chi connectivity index (χ0) is 21.7. The molecule has 12 heteroatoms. The van der Waals surface area contributed by atoms with Crippen molar-refractivity contribution in [2.24, 2.45) is 5.73 Å². The van der Waals surface area contributed by atoms with Gasteiger partial charge in [0, 0.05) is 24.3 Å². The van der Waals surface area contributed by atoms with E-state index in [1.807, 2.05) is 13.8 Å². The lowest BCUT2D eigenvalue weighted by Gasteiger charge is -2.10. The minimum atomic E-state index is -0.504. The highest BCUT2D eigenvalue weighted by Crippen LogP contribution is 2.22. The molecule has 0 unspecified atom stereocenters. The Bertz CT molecular complexity index is 1080. The minimum Gasteiger partial charge on any atom is -0.366 e. The van der Waals surface area contributed by atoms with E-state index < -0.39 is 5.91 Å². The number of amides is 2. The number of hydrogen-bond donors (Lipinski definition) is 4. The van der Waals surface area contributed by atoms with Crippen LogP contribution in [0.4, 0.5) is 17.6 Å². The summed E-state index contributed by atoms with van der Waals surface area (Å²) in [6.07, 6.45) is 0. The number of nitrogens with two attached hydrogens (primary N) is 1. The van der Waals surface area contributed by atoms with Crippen LogP contribution >= 0.6 is 11.8 Å². The molecule has 2 amide bonds. The molecule has 3 aromatic rings. The highest BCUT2D eigenvalue weighted by Gasteiger charge is 2.16. The molecular formula is C18H23N9O2S. The van der Waals surface area contributed by atoms with Crippen LogP contribution in [0.2, 0.25) is 0 Å². The first-order valence-corrected chi connectivity index (χ1v) is 10.4. The molecule has 158 valence electrons. The van der Waals surface area contributed by atoms with Crippen LogP contribution in [0.3, 0.4) is 0 Å². The summed E-state index contributed by atoms with van der Waals surface area (Å²) in [6.45, 7) is 7.00. The third kappa shape index (κ3) is 4.76. The maximum atomic E-state index is 12.4. The molecular weight excluding hydrogens is 406 g/mol. The minimum absolute atomic E-state index is 0.109. The lowest BCUT2D eigenvalue weighted by molar-refractivity contribution is -0.113. The first-order chi connectivity index (χ1) is 14.4. The fraction of sp³-hybridized carbons (Fsp3) is 0.333. The Hall–Kier alpha value is -3.41. The first-order valence-electron chi connectivity index (χ1n) is 9.37. The number of carbonyl (C=O) groups excluding carboxylic acids is 2. The van der Waals surface area contributed by atoms with E-state index in [0.717, 1.165) is 0 Å². The van der Waals surface area contributed by atoms with Gasteiger partial charge >= 0.3 is 0 Å². The van der Waals surface area contributed by atoms with E-state index in [-0.39, 0.29) is 11.7 Å². The number of benzene rings is 1. The third-order valence-electron chi connectivity index (χ3n) is 4.02. The summed E-state index contributed by atoms with van der Waals surface area (Å²) in [4.78, 5) is 32.5. The van der Waals surface area contributed by atoms with Gasteiger partial charge in [-0.1, -0.05) is 11.8 Å². The van der Waals surface area contributed by atoms with E-state index in [4.69, 9.17) is 5.73 Å². The molecule has 2 heterocycles. The Labute approximate surface area is 177 Å². The van der Waals surface area contributed by atoms with E-state index in [1.54, 1.807) is 29.5 Å². The molecule has 0 bridgehead atoms. The van der Waals surface area contributed by atoms with Crippen molar-refractivity contribution in [1.82, 2.24) is 24.6 Å². The summed E-state index contributed by atoms with van der Waals surface area (Å²) in [5, 5.41) is 17.7. The Kier molecular flexibility index (Phi) is 6.67. The normalized spacial score (nSPS) is 10.8. The number of primary amides is 1. The van der Waals surface area contributed by atoms with Gasteiger partial charge in [-0.3, -0.25) is 9.59 Å². The van der Waals surface area contributed by atoms with E-state index in [2.05, 4.69) is 36.1 Å². The summed E-state index contributed by atoms with van der Waals surface area (Å²) < 4.78 is 1.67. The van der Waals surface area contributed by atoms with Crippen molar-refractivity contribution < 1.29 is 9.59 Å². The molecule has 0 radical (unpaired) electrons. The fourth-order valence-corrected chi connectivity index (χ4v) is 3.47. The van der Waals surface area contributed by atoms with Gasteiger partial charge in [-0.15, -0.1) is 10.2 Å². The van der Waals surface area contributed by atoms with Crippen molar-refractivity contribution in [3.63, 3.8) is 0 Å². The number of fused-ring (bicyclic) bond motifs is 1. The van der Waals surface area contributed by atoms with Gasteiger partial charge in [0.05, 0.1) is 5.75 Å². The third-order valence-corrected chi connectivity index (χ3v) is 4.95. The number of nitrogens with one attached hydrogen (secondary N) is 3. The zero-order valence-corrected chi connectivity index (χ0v) is 17.7. The number of aromatic nitrogens is 5. The molecule has 5 N–H and O–H groups in total. The van der Waals surface area contributed by atoms with Gasteiger partial charge in [0.2, 0.25) is 23.7 Å². The molecule has 30 heavy (non-hydrogen) atoms. The molecule has 11 nitrogen and oxygen atoms in total. The summed E-state index contributed by atoms with van der Waals surface area (Å²) in [6, 6.07) is 4.93. The number of carbonyl (C=O) groups is 2. The predicted molar refractivity (Wildman–Crippen MR) is 116 cm³/mol. The van der Waals surface area contributed by atoms with E-state index in [9.17, 15) is 9.59 Å². The maximum Gasteiger partial charge on any atom is 0.261 e. The number of aryl methyl sites for hydroxylation is 1. The number of thioether (sulfide) groups is 1. The SMILES string of the molecule is CCNc1nc(NCC)n2c(SCC(=O)Nc3ccc(C(N)=O)c(C)c3)nnc2n1. The molecule has 0 aliphatic carbocycles. The topological polar surface area (TPSA) is 152 Å². The second kappa shape index (κ2) is 9.39. The van der Waals surface area contributed by atoms with Crippen LogP contribution in [0, 0.1) is 6.92 Å². The van der Waals surface area contributed by atoms with Crippen molar-refractivity contribution in [1.29, 1.82) is 0 Å². The van der Waals surface area contributed by atoms with Gasteiger partial charge in [0.1, 0.15) is 0 Å². The van der Waals surface area contributed by atoms with E-state index in [0.29, 0.717) is 52.7 Å². The fourth-order valence-electron chi connectivity index (χ4n) is 2.74. The average Bonchev–Trinajstić information content (AvgIpc) is 3.10. The van der Waals surface area contributed by atoms with Crippen LogP contribution in [-0.2, 0) is 4.79 Å². The Balaban J connectivity index is 1.73. The molecule has 0 aliphatic rings. The standard InChI is InChI=1S/C18H23N9O2S/c1-4-20-15-23-16(21-5-2)27-17(24-15)25-26-18(27)30-9-13(28)22-11-6-7-12(14(19)29)10(3)8-11/h6-8H,4-5,9H2,1-3H3,(H2,19,29)(H,22,28)(H2,20,21,23,24,25). The molecule has 3 rings (SSSR count). The maximum absolute atomic E-state index is 12.4. The molecule has 0 fully saturated rings. The van der Waals surface area contributed by atoms with Gasteiger partial charge in [0.25, 0.3) is 5.78 Å². The predicted octanol–water partition coefficient (Wildman–Crippen LogP) is 1.52. The van der Waals surface area contributed by atoms with Crippen LogP contribution in [0.1, 0.15) is 29.8 Å². The monoisotopic (exact) mass is 429 g/mol. The zero-order valence-electron chi connectivity index (χ0n) is 16.9. The second-order valence-corrected chi connectivity index (χ2v) is 7.22. The number of rotatable bonds is 9.